The van der Waals surface area contributed by atoms with Crippen LogP contribution in [0.5, 0.6) is 0 Å². The van der Waals surface area contributed by atoms with Crippen molar-refractivity contribution < 1.29 is 9.90 Å². The fourth-order valence-corrected chi connectivity index (χ4v) is 0.708. The number of aliphatic carboxylic acids is 1. The molecule has 1 aliphatic rings. The second-order valence-electron chi connectivity index (χ2n) is 2.42. The molecule has 12 heavy (non-hydrogen) atoms. The fourth-order valence-electron chi connectivity index (χ4n) is 0.708. The number of rotatable bonds is 2. The summed E-state index contributed by atoms with van der Waals surface area (Å²) >= 11 is 0. The van der Waals surface area contributed by atoms with Gasteiger partial charge in [0.05, 0.1) is 0 Å². The third-order valence-corrected chi connectivity index (χ3v) is 1.69. The van der Waals surface area contributed by atoms with Crippen molar-refractivity contribution in [3.8, 4) is 0 Å². The molecule has 0 aromatic rings. The minimum atomic E-state index is -1.84. The van der Waals surface area contributed by atoms with Gasteiger partial charge in [0, 0.05) is 0 Å². The van der Waals surface area contributed by atoms with Gasteiger partial charge in [-0.2, -0.15) is 0 Å². The smallest absolute Gasteiger partial charge is 0.477 e. The first kappa shape index (κ1) is 8.15. The minimum Gasteiger partial charge on any atom is -0.477 e. The van der Waals surface area contributed by atoms with Crippen LogP contribution in [-0.4, -0.2) is 22.4 Å². The van der Waals surface area contributed by atoms with Crippen LogP contribution in [0.2, 0.25) is 0 Å². The molecule has 0 unspecified atom stereocenters. The van der Waals surface area contributed by atoms with Gasteiger partial charge in [0.25, 0.3) is 0 Å². The second kappa shape index (κ2) is 2.02. The van der Waals surface area contributed by atoms with Crippen molar-refractivity contribution in [1.29, 1.82) is 0 Å². The maximum Gasteiger partial charge on any atom is 0.540 e. The maximum atomic E-state index is 10.6. The highest BCUT2D eigenvalue weighted by atomic mass is 16.4. The number of nitrogens with zero attached hydrogens (tertiary/aromatic N) is 4. The van der Waals surface area contributed by atoms with Crippen LogP contribution in [0.4, 0.5) is 0 Å². The Hall–Kier alpha value is -1.95. The van der Waals surface area contributed by atoms with Crippen LogP contribution in [0.1, 0.15) is 6.92 Å². The largest absolute Gasteiger partial charge is 0.540 e. The Morgan fingerprint density at radius 2 is 1.92 bits per heavy atom. The zero-order chi connectivity index (χ0) is 9.41. The minimum absolute atomic E-state index is 1.21. The Morgan fingerprint density at radius 3 is 2.00 bits per heavy atom. The lowest BCUT2D eigenvalue weighted by molar-refractivity contribution is -0.141. The van der Waals surface area contributed by atoms with Crippen LogP contribution >= 0.6 is 0 Å². The van der Waals surface area contributed by atoms with Gasteiger partial charge in [-0.1, -0.05) is 0 Å². The highest BCUT2D eigenvalue weighted by molar-refractivity contribution is 5.84. The summed E-state index contributed by atoms with van der Waals surface area (Å²) in [5.74, 6) is -1.35. The van der Waals surface area contributed by atoms with Crippen molar-refractivity contribution in [3.05, 3.63) is 22.8 Å². The second-order valence-corrected chi connectivity index (χ2v) is 2.42. The molecule has 0 amide bonds. The molecule has 0 atom stereocenters. The van der Waals surface area contributed by atoms with Gasteiger partial charge in [-0.15, -0.1) is 10.2 Å². The summed E-state index contributed by atoms with van der Waals surface area (Å²) in [6, 6.07) is 0. The monoisotopic (exact) mass is 164 g/mol. The Labute approximate surface area is 68.2 Å². The molecule has 0 spiro atoms. The number of hydrogen-bond acceptors (Lipinski definition) is 3. The normalized spacial score (nSPS) is 17.6. The molecule has 0 bridgehead atoms. The molecule has 1 rings (SSSR count). The topological polar surface area (TPSA) is 70.7 Å². The summed E-state index contributed by atoms with van der Waals surface area (Å²) in [6.45, 7) is 14.6. The number of hydrogen-bond donors (Lipinski definition) is 1. The third-order valence-electron chi connectivity index (χ3n) is 1.69. The number of carboxylic acid groups (broad SMARTS) is 1. The van der Waals surface area contributed by atoms with Gasteiger partial charge in [0.2, 0.25) is 0 Å². The summed E-state index contributed by atoms with van der Waals surface area (Å²) < 4.78 is 0. The molecule has 1 heterocycles. The number of carboxylic acids is 1. The first-order chi connectivity index (χ1) is 5.52. The van der Waals surface area contributed by atoms with E-state index in [4.69, 9.17) is 18.3 Å². The zero-order valence-corrected chi connectivity index (χ0v) is 6.14. The molecule has 6 nitrogen and oxygen atoms in total. The van der Waals surface area contributed by atoms with E-state index in [2.05, 4.69) is 19.9 Å². The molecule has 0 aromatic carbocycles. The van der Waals surface area contributed by atoms with Gasteiger partial charge in [0.15, 0.2) is 0 Å². The van der Waals surface area contributed by atoms with Crippen LogP contribution in [0, 0.1) is 13.1 Å². The molecule has 0 saturated heterocycles. The van der Waals surface area contributed by atoms with Crippen LogP contribution in [0.3, 0.4) is 0 Å². The highest BCUT2D eigenvalue weighted by Gasteiger charge is 2.76. The average molecular weight is 164 g/mol. The van der Waals surface area contributed by atoms with Crippen LogP contribution in [-0.2, 0) is 4.79 Å². The first-order valence-electron chi connectivity index (χ1n) is 2.97. The van der Waals surface area contributed by atoms with E-state index in [1.165, 1.54) is 6.92 Å². The molecular formula is C6H4N4O2. The molecule has 1 aliphatic heterocycles. The molecular weight excluding hydrogens is 160 g/mol. The number of carbonyl (C=O) groups is 1. The van der Waals surface area contributed by atoms with Crippen molar-refractivity contribution in [2.75, 3.05) is 0 Å². The predicted octanol–water partition coefficient (Wildman–Crippen LogP) is 0.788. The van der Waals surface area contributed by atoms with E-state index in [0.29, 0.717) is 0 Å². The average Bonchev–Trinajstić information content (AvgIpc) is 2.83. The quantitative estimate of drug-likeness (QED) is 0.613. The summed E-state index contributed by atoms with van der Waals surface area (Å²) in [4.78, 5) is 16.4. The van der Waals surface area contributed by atoms with Crippen molar-refractivity contribution in [3.63, 3.8) is 0 Å². The SMILES string of the molecule is [C-]#[N+]C(C)([N+]#[C-])C1(C(=O)O)N=N1. The van der Waals surface area contributed by atoms with Crippen molar-refractivity contribution >= 4 is 5.97 Å². The molecule has 0 radical (unpaired) electrons. The van der Waals surface area contributed by atoms with Gasteiger partial charge < -0.3 is 5.11 Å². The van der Waals surface area contributed by atoms with Crippen LogP contribution in [0.15, 0.2) is 10.2 Å². The Balaban J connectivity index is 3.07. The van der Waals surface area contributed by atoms with E-state index in [-0.39, 0.29) is 0 Å². The van der Waals surface area contributed by atoms with Crippen molar-refractivity contribution in [2.45, 2.75) is 18.2 Å². The highest BCUT2D eigenvalue weighted by Crippen LogP contribution is 2.42. The third kappa shape index (κ3) is 0.692. The summed E-state index contributed by atoms with van der Waals surface area (Å²) in [5.41, 5.74) is -3.57. The van der Waals surface area contributed by atoms with Gasteiger partial charge in [-0.25, -0.2) is 27.6 Å². The summed E-state index contributed by atoms with van der Waals surface area (Å²) in [5, 5.41) is 15.1. The van der Waals surface area contributed by atoms with Crippen LogP contribution in [0.25, 0.3) is 9.69 Å². The molecule has 0 aliphatic carbocycles. The van der Waals surface area contributed by atoms with Gasteiger partial charge in [-0.05, 0) is 0 Å². The van der Waals surface area contributed by atoms with E-state index < -0.39 is 17.3 Å². The molecule has 0 aromatic heterocycles. The molecule has 6 heteroatoms. The molecule has 0 saturated carbocycles. The van der Waals surface area contributed by atoms with E-state index >= 15 is 0 Å². The Bertz CT molecular complexity index is 326. The molecule has 1 N–H and O–H groups in total. The lowest BCUT2D eigenvalue weighted by Crippen LogP contribution is -2.43. The standard InChI is InChI=1S/C6H4N4O2/c1-5(7-2,8-3)6(4(11)12)9-10-6/h1H3,(H,11,12). The van der Waals surface area contributed by atoms with Gasteiger partial charge in [0.1, 0.15) is 6.92 Å². The van der Waals surface area contributed by atoms with Crippen LogP contribution < -0.4 is 0 Å². The van der Waals surface area contributed by atoms with Crippen molar-refractivity contribution in [1.82, 2.24) is 0 Å². The fraction of sp³-hybridized carbons (Fsp3) is 0.500. The van der Waals surface area contributed by atoms with Crippen molar-refractivity contribution in [2.24, 2.45) is 10.2 Å². The van der Waals surface area contributed by atoms with E-state index in [9.17, 15) is 4.79 Å². The van der Waals surface area contributed by atoms with E-state index in [0.717, 1.165) is 0 Å². The predicted molar refractivity (Wildman–Crippen MR) is 36.8 cm³/mol. The summed E-state index contributed by atoms with van der Waals surface area (Å²) in [7, 11) is 0. The van der Waals surface area contributed by atoms with Gasteiger partial charge >= 0.3 is 17.3 Å². The lowest BCUT2D eigenvalue weighted by atomic mass is 10.0. The zero-order valence-electron chi connectivity index (χ0n) is 6.14. The lowest BCUT2D eigenvalue weighted by Gasteiger charge is -2.06. The maximum absolute atomic E-state index is 10.6. The van der Waals surface area contributed by atoms with E-state index in [1.807, 2.05) is 0 Å². The Kier molecular flexibility index (Phi) is 1.37. The van der Waals surface area contributed by atoms with Gasteiger partial charge in [-0.3, -0.25) is 0 Å². The molecule has 60 valence electrons. The Morgan fingerprint density at radius 1 is 1.50 bits per heavy atom. The van der Waals surface area contributed by atoms with E-state index in [1.54, 1.807) is 0 Å². The summed E-state index contributed by atoms with van der Waals surface area (Å²) in [6.07, 6.45) is 0. The first-order valence-corrected chi connectivity index (χ1v) is 2.97. The molecule has 0 fully saturated rings.